The molecule has 2 N–H and O–H groups in total. The van der Waals surface area contributed by atoms with E-state index in [-0.39, 0.29) is 29.4 Å². The van der Waals surface area contributed by atoms with Crippen LogP contribution in [0.25, 0.3) is 0 Å². The molecule has 0 heterocycles. The maximum absolute atomic E-state index is 5.39. The van der Waals surface area contributed by atoms with Crippen LogP contribution in [0.5, 0.6) is 5.75 Å². The van der Waals surface area contributed by atoms with E-state index in [0.29, 0.717) is 6.54 Å². The molecule has 4 nitrogen and oxygen atoms in total. The molecule has 2 aromatic carbocycles. The summed E-state index contributed by atoms with van der Waals surface area (Å²) in [4.78, 5) is 4.35. The van der Waals surface area contributed by atoms with Crippen LogP contribution < -0.4 is 15.4 Å². The Morgan fingerprint density at radius 3 is 2.46 bits per heavy atom. The highest BCUT2D eigenvalue weighted by Crippen LogP contribution is 2.47. The smallest absolute Gasteiger partial charge is 0.191 e. The number of hydrogen-bond donors (Lipinski definition) is 2. The van der Waals surface area contributed by atoms with Gasteiger partial charge in [-0.05, 0) is 42.5 Å². The van der Waals surface area contributed by atoms with E-state index in [0.717, 1.165) is 23.8 Å². The summed E-state index contributed by atoms with van der Waals surface area (Å²) in [7, 11) is 3.52. The van der Waals surface area contributed by atoms with Crippen molar-refractivity contribution in [1.82, 2.24) is 10.6 Å². The second kappa shape index (κ2) is 9.26. The van der Waals surface area contributed by atoms with Gasteiger partial charge in [0.1, 0.15) is 5.75 Å². The Morgan fingerprint density at radius 2 is 1.85 bits per heavy atom. The lowest BCUT2D eigenvalue weighted by molar-refractivity contribution is 0.411. The van der Waals surface area contributed by atoms with Crippen LogP contribution in [0, 0.1) is 6.92 Å². The molecule has 1 aliphatic rings. The number of nitrogens with one attached hydrogen (secondary N) is 2. The zero-order chi connectivity index (χ0) is 17.7. The van der Waals surface area contributed by atoms with Crippen molar-refractivity contribution in [2.75, 3.05) is 20.7 Å². The zero-order valence-electron chi connectivity index (χ0n) is 15.7. The van der Waals surface area contributed by atoms with Gasteiger partial charge in [0.2, 0.25) is 0 Å². The molecular formula is C21H28IN3O. The van der Waals surface area contributed by atoms with Gasteiger partial charge in [-0.2, -0.15) is 0 Å². The lowest BCUT2D eigenvalue weighted by atomic mass is 9.96. The molecule has 0 spiro atoms. The van der Waals surface area contributed by atoms with Crippen LogP contribution >= 0.6 is 24.0 Å². The number of rotatable bonds is 6. The molecule has 0 bridgehead atoms. The van der Waals surface area contributed by atoms with Crippen LogP contribution in [0.1, 0.15) is 29.5 Å². The molecule has 0 atom stereocenters. The van der Waals surface area contributed by atoms with Gasteiger partial charge in [-0.1, -0.05) is 42.5 Å². The van der Waals surface area contributed by atoms with Gasteiger partial charge in [0, 0.05) is 25.6 Å². The van der Waals surface area contributed by atoms with Crippen LogP contribution in [0.4, 0.5) is 0 Å². The summed E-state index contributed by atoms with van der Waals surface area (Å²) < 4.78 is 5.39. The first kappa shape index (κ1) is 20.6. The van der Waals surface area contributed by atoms with Crippen LogP contribution in [-0.4, -0.2) is 26.7 Å². The number of guanidine groups is 1. The minimum absolute atomic E-state index is 0. The van der Waals surface area contributed by atoms with Gasteiger partial charge in [-0.25, -0.2) is 0 Å². The van der Waals surface area contributed by atoms with Gasteiger partial charge in [0.05, 0.1) is 7.11 Å². The van der Waals surface area contributed by atoms with E-state index in [1.54, 1.807) is 7.11 Å². The standard InChI is InChI=1S/C21H27N3O.HI/c1-16-9-10-17(13-19(16)25-3)14-23-20(22-2)24-15-21(11-12-21)18-7-5-4-6-8-18;/h4-10,13H,11-12,14-15H2,1-3H3,(H2,22,23,24);1H. The van der Waals surface area contributed by atoms with Crippen molar-refractivity contribution in [3.8, 4) is 5.75 Å². The molecule has 3 rings (SSSR count). The third-order valence-corrected chi connectivity index (χ3v) is 4.99. The van der Waals surface area contributed by atoms with Crippen molar-refractivity contribution in [1.29, 1.82) is 0 Å². The van der Waals surface area contributed by atoms with Gasteiger partial charge in [0.15, 0.2) is 5.96 Å². The fourth-order valence-corrected chi connectivity index (χ4v) is 3.14. The number of halogens is 1. The minimum Gasteiger partial charge on any atom is -0.496 e. The number of methoxy groups -OCH3 is 1. The predicted octanol–water partition coefficient (Wildman–Crippen LogP) is 4.02. The van der Waals surface area contributed by atoms with E-state index in [4.69, 9.17) is 4.74 Å². The average Bonchev–Trinajstić information content (AvgIpc) is 3.45. The number of aliphatic imine (C=N–C) groups is 1. The normalized spacial score (nSPS) is 15.0. The molecule has 0 unspecified atom stereocenters. The molecule has 0 aromatic heterocycles. The number of hydrogen-bond acceptors (Lipinski definition) is 2. The van der Waals surface area contributed by atoms with Crippen molar-refractivity contribution in [3.63, 3.8) is 0 Å². The molecule has 2 aromatic rings. The van der Waals surface area contributed by atoms with Crippen molar-refractivity contribution in [3.05, 3.63) is 65.2 Å². The summed E-state index contributed by atoms with van der Waals surface area (Å²) in [5, 5.41) is 6.88. The molecule has 1 aliphatic carbocycles. The quantitative estimate of drug-likeness (QED) is 0.385. The van der Waals surface area contributed by atoms with Crippen LogP contribution in [-0.2, 0) is 12.0 Å². The molecule has 26 heavy (non-hydrogen) atoms. The Labute approximate surface area is 173 Å². The Kier molecular flexibility index (Phi) is 7.32. The molecule has 0 saturated heterocycles. The van der Waals surface area contributed by atoms with Crippen molar-refractivity contribution in [2.45, 2.75) is 31.7 Å². The zero-order valence-corrected chi connectivity index (χ0v) is 18.0. The van der Waals surface area contributed by atoms with Gasteiger partial charge in [-0.15, -0.1) is 24.0 Å². The van der Waals surface area contributed by atoms with E-state index in [2.05, 4.69) is 71.1 Å². The van der Waals surface area contributed by atoms with E-state index in [1.807, 2.05) is 7.05 Å². The average molecular weight is 465 g/mol. The van der Waals surface area contributed by atoms with Crippen molar-refractivity contribution < 1.29 is 4.74 Å². The van der Waals surface area contributed by atoms with Gasteiger partial charge >= 0.3 is 0 Å². The van der Waals surface area contributed by atoms with Gasteiger partial charge in [0.25, 0.3) is 0 Å². The summed E-state index contributed by atoms with van der Waals surface area (Å²) in [6, 6.07) is 17.0. The molecule has 5 heteroatoms. The topological polar surface area (TPSA) is 45.7 Å². The summed E-state index contributed by atoms with van der Waals surface area (Å²) in [5.74, 6) is 1.75. The maximum atomic E-state index is 5.39. The summed E-state index contributed by atoms with van der Waals surface area (Å²) >= 11 is 0. The molecular weight excluding hydrogens is 437 g/mol. The van der Waals surface area contributed by atoms with Gasteiger partial charge < -0.3 is 15.4 Å². The summed E-state index contributed by atoms with van der Waals surface area (Å²) in [6.07, 6.45) is 2.46. The van der Waals surface area contributed by atoms with Crippen LogP contribution in [0.3, 0.4) is 0 Å². The molecule has 0 amide bonds. The lowest BCUT2D eigenvalue weighted by Gasteiger charge is -2.19. The van der Waals surface area contributed by atoms with Crippen molar-refractivity contribution in [2.24, 2.45) is 4.99 Å². The summed E-state index contributed by atoms with van der Waals surface area (Å²) in [6.45, 7) is 3.68. The molecule has 0 radical (unpaired) electrons. The van der Waals surface area contributed by atoms with E-state index < -0.39 is 0 Å². The highest BCUT2D eigenvalue weighted by molar-refractivity contribution is 14.0. The Balaban J connectivity index is 0.00000243. The number of aryl methyl sites for hydroxylation is 1. The molecule has 1 fully saturated rings. The number of nitrogens with zero attached hydrogens (tertiary/aromatic N) is 1. The SMILES string of the molecule is CN=C(NCc1ccc(C)c(OC)c1)NCC1(c2ccccc2)CC1.I. The lowest BCUT2D eigenvalue weighted by Crippen LogP contribution is -2.40. The van der Waals surface area contributed by atoms with E-state index in [1.165, 1.54) is 24.0 Å². The fourth-order valence-electron chi connectivity index (χ4n) is 3.14. The third kappa shape index (κ3) is 4.90. The molecule has 0 aliphatic heterocycles. The van der Waals surface area contributed by atoms with E-state index >= 15 is 0 Å². The fraction of sp³-hybridized carbons (Fsp3) is 0.381. The Hall–Kier alpha value is -1.76. The number of benzene rings is 2. The maximum Gasteiger partial charge on any atom is 0.191 e. The first-order valence-corrected chi connectivity index (χ1v) is 8.80. The van der Waals surface area contributed by atoms with E-state index in [9.17, 15) is 0 Å². The molecule has 1 saturated carbocycles. The molecule has 140 valence electrons. The van der Waals surface area contributed by atoms with Gasteiger partial charge in [-0.3, -0.25) is 4.99 Å². The van der Waals surface area contributed by atoms with Crippen LogP contribution in [0.2, 0.25) is 0 Å². The third-order valence-electron chi connectivity index (χ3n) is 4.99. The largest absolute Gasteiger partial charge is 0.496 e. The highest BCUT2D eigenvalue weighted by atomic mass is 127. The van der Waals surface area contributed by atoms with Crippen molar-refractivity contribution >= 4 is 29.9 Å². The number of ether oxygens (including phenoxy) is 1. The minimum atomic E-state index is 0. The second-order valence-corrected chi connectivity index (χ2v) is 6.73. The first-order chi connectivity index (χ1) is 12.2. The highest BCUT2D eigenvalue weighted by Gasteiger charge is 2.43. The first-order valence-electron chi connectivity index (χ1n) is 8.80. The summed E-state index contributed by atoms with van der Waals surface area (Å²) in [5.41, 5.74) is 4.01. The van der Waals surface area contributed by atoms with Crippen LogP contribution in [0.15, 0.2) is 53.5 Å². The Morgan fingerprint density at radius 1 is 1.12 bits per heavy atom. The predicted molar refractivity (Wildman–Crippen MR) is 119 cm³/mol. The Bertz CT molecular complexity index is 742. The second-order valence-electron chi connectivity index (χ2n) is 6.73. The monoisotopic (exact) mass is 465 g/mol.